The molecule has 94 valence electrons. The summed E-state index contributed by atoms with van der Waals surface area (Å²) in [5, 5.41) is 0. The summed E-state index contributed by atoms with van der Waals surface area (Å²) in [5.74, 6) is -1.17. The minimum Gasteiger partial charge on any atom is -0.320 e. The van der Waals surface area contributed by atoms with E-state index in [1.807, 2.05) is 25.1 Å². The van der Waals surface area contributed by atoms with Gasteiger partial charge in [0.2, 0.25) is 0 Å². The molecule has 0 heterocycles. The van der Waals surface area contributed by atoms with Crippen molar-refractivity contribution in [3.8, 4) is 0 Å². The molecule has 18 heavy (non-hydrogen) atoms. The van der Waals surface area contributed by atoms with Crippen molar-refractivity contribution >= 4 is 0 Å². The summed E-state index contributed by atoms with van der Waals surface area (Å²) < 4.78 is 27.8. The molecule has 1 atom stereocenters. The highest BCUT2D eigenvalue weighted by atomic mass is 19.1. The highest BCUT2D eigenvalue weighted by molar-refractivity contribution is 5.39. The smallest absolute Gasteiger partial charge is 0.134 e. The second-order valence-corrected chi connectivity index (χ2v) is 4.43. The average molecular weight is 247 g/mol. The van der Waals surface area contributed by atoms with Crippen LogP contribution in [0.2, 0.25) is 0 Å². The minimum absolute atomic E-state index is 0.0655. The van der Waals surface area contributed by atoms with Gasteiger partial charge in [0.15, 0.2) is 0 Å². The van der Waals surface area contributed by atoms with Crippen molar-refractivity contribution in [2.24, 2.45) is 5.73 Å². The summed E-state index contributed by atoms with van der Waals surface area (Å²) in [5.41, 5.74) is 8.00. The minimum atomic E-state index is -0.786. The SMILES string of the molecule is Cc1ccccc1C(N)c1c(F)ccc(C)c1F. The molecular formula is C15H15F2N. The lowest BCUT2D eigenvalue weighted by atomic mass is 9.94. The highest BCUT2D eigenvalue weighted by Gasteiger charge is 2.20. The third-order valence-electron chi connectivity index (χ3n) is 3.15. The number of benzene rings is 2. The zero-order chi connectivity index (χ0) is 13.3. The molecule has 3 heteroatoms. The molecule has 2 aromatic carbocycles. The second-order valence-electron chi connectivity index (χ2n) is 4.43. The normalized spacial score (nSPS) is 12.5. The van der Waals surface area contributed by atoms with E-state index in [2.05, 4.69) is 0 Å². The Kier molecular flexibility index (Phi) is 3.43. The van der Waals surface area contributed by atoms with Gasteiger partial charge in [-0.25, -0.2) is 8.78 Å². The Morgan fingerprint density at radius 2 is 1.61 bits per heavy atom. The molecule has 0 saturated carbocycles. The van der Waals surface area contributed by atoms with Gasteiger partial charge in [-0.2, -0.15) is 0 Å². The summed E-state index contributed by atoms with van der Waals surface area (Å²) in [6, 6.07) is 9.24. The van der Waals surface area contributed by atoms with Crippen molar-refractivity contribution in [1.29, 1.82) is 0 Å². The monoisotopic (exact) mass is 247 g/mol. The van der Waals surface area contributed by atoms with Crippen molar-refractivity contribution in [3.05, 3.63) is 70.3 Å². The van der Waals surface area contributed by atoms with Crippen molar-refractivity contribution < 1.29 is 8.78 Å². The Labute approximate surface area is 105 Å². The van der Waals surface area contributed by atoms with Crippen LogP contribution in [-0.4, -0.2) is 0 Å². The van der Waals surface area contributed by atoms with Crippen LogP contribution < -0.4 is 5.73 Å². The van der Waals surface area contributed by atoms with Gasteiger partial charge in [0.05, 0.1) is 6.04 Å². The maximum Gasteiger partial charge on any atom is 0.134 e. The van der Waals surface area contributed by atoms with E-state index in [0.717, 1.165) is 11.1 Å². The summed E-state index contributed by atoms with van der Waals surface area (Å²) in [6.07, 6.45) is 0. The lowest BCUT2D eigenvalue weighted by Crippen LogP contribution is -2.17. The Morgan fingerprint density at radius 1 is 0.944 bits per heavy atom. The molecule has 1 unspecified atom stereocenters. The molecule has 0 aromatic heterocycles. The van der Waals surface area contributed by atoms with E-state index in [9.17, 15) is 8.78 Å². The molecule has 0 amide bonds. The molecule has 0 aliphatic heterocycles. The zero-order valence-electron chi connectivity index (χ0n) is 10.4. The zero-order valence-corrected chi connectivity index (χ0v) is 10.4. The van der Waals surface area contributed by atoms with E-state index in [1.165, 1.54) is 12.1 Å². The molecule has 0 aliphatic carbocycles. The van der Waals surface area contributed by atoms with Gasteiger partial charge in [-0.05, 0) is 36.6 Å². The Morgan fingerprint density at radius 3 is 2.28 bits per heavy atom. The molecule has 0 fully saturated rings. The lowest BCUT2D eigenvalue weighted by Gasteiger charge is -2.17. The quantitative estimate of drug-likeness (QED) is 0.861. The topological polar surface area (TPSA) is 26.0 Å². The number of nitrogens with two attached hydrogens (primary N) is 1. The van der Waals surface area contributed by atoms with Crippen molar-refractivity contribution in [2.75, 3.05) is 0 Å². The first kappa shape index (κ1) is 12.7. The van der Waals surface area contributed by atoms with Gasteiger partial charge in [0, 0.05) is 5.56 Å². The van der Waals surface area contributed by atoms with E-state index in [1.54, 1.807) is 13.0 Å². The number of halogens is 2. The molecule has 0 aliphatic rings. The fourth-order valence-electron chi connectivity index (χ4n) is 2.05. The number of rotatable bonds is 2. The fourth-order valence-corrected chi connectivity index (χ4v) is 2.05. The molecule has 0 bridgehead atoms. The molecule has 1 nitrogen and oxygen atoms in total. The number of hydrogen-bond acceptors (Lipinski definition) is 1. The van der Waals surface area contributed by atoms with Gasteiger partial charge in [-0.3, -0.25) is 0 Å². The average Bonchev–Trinajstić information content (AvgIpc) is 2.35. The summed E-state index contributed by atoms with van der Waals surface area (Å²) in [6.45, 7) is 3.48. The van der Waals surface area contributed by atoms with E-state index in [-0.39, 0.29) is 5.56 Å². The van der Waals surface area contributed by atoms with Gasteiger partial charge in [0.1, 0.15) is 11.6 Å². The molecule has 2 rings (SSSR count). The third-order valence-corrected chi connectivity index (χ3v) is 3.15. The number of aryl methyl sites for hydroxylation is 2. The van der Waals surface area contributed by atoms with Gasteiger partial charge in [-0.15, -0.1) is 0 Å². The number of hydrogen-bond donors (Lipinski definition) is 1. The first-order chi connectivity index (χ1) is 8.52. The van der Waals surface area contributed by atoms with Crippen LogP contribution in [0.1, 0.15) is 28.3 Å². The van der Waals surface area contributed by atoms with Crippen LogP contribution in [0.3, 0.4) is 0 Å². The Hall–Kier alpha value is -1.74. The first-order valence-electron chi connectivity index (χ1n) is 5.78. The first-order valence-corrected chi connectivity index (χ1v) is 5.78. The van der Waals surface area contributed by atoms with Crippen LogP contribution in [-0.2, 0) is 0 Å². The van der Waals surface area contributed by atoms with Crippen molar-refractivity contribution in [2.45, 2.75) is 19.9 Å². The van der Waals surface area contributed by atoms with Gasteiger partial charge in [0.25, 0.3) is 0 Å². The molecule has 0 saturated heterocycles. The standard InChI is InChI=1S/C15H15F2N/c1-9-5-3-4-6-11(9)15(18)13-12(16)8-7-10(2)14(13)17/h3-8,15H,18H2,1-2H3. The Balaban J connectivity index is 2.56. The van der Waals surface area contributed by atoms with E-state index >= 15 is 0 Å². The largest absolute Gasteiger partial charge is 0.320 e. The van der Waals surface area contributed by atoms with E-state index < -0.39 is 17.7 Å². The van der Waals surface area contributed by atoms with Crippen LogP contribution in [0.25, 0.3) is 0 Å². The van der Waals surface area contributed by atoms with Gasteiger partial charge >= 0.3 is 0 Å². The molecular weight excluding hydrogens is 232 g/mol. The highest BCUT2D eigenvalue weighted by Crippen LogP contribution is 2.28. The summed E-state index contributed by atoms with van der Waals surface area (Å²) in [4.78, 5) is 0. The molecule has 0 radical (unpaired) electrons. The third kappa shape index (κ3) is 2.14. The van der Waals surface area contributed by atoms with E-state index in [0.29, 0.717) is 5.56 Å². The predicted molar refractivity (Wildman–Crippen MR) is 68.3 cm³/mol. The van der Waals surface area contributed by atoms with Crippen LogP contribution in [0.4, 0.5) is 8.78 Å². The van der Waals surface area contributed by atoms with E-state index in [4.69, 9.17) is 5.73 Å². The van der Waals surface area contributed by atoms with Crippen LogP contribution in [0, 0.1) is 25.5 Å². The van der Waals surface area contributed by atoms with Crippen molar-refractivity contribution in [1.82, 2.24) is 0 Å². The predicted octanol–water partition coefficient (Wildman–Crippen LogP) is 3.63. The van der Waals surface area contributed by atoms with Crippen molar-refractivity contribution in [3.63, 3.8) is 0 Å². The molecule has 2 aromatic rings. The van der Waals surface area contributed by atoms with Gasteiger partial charge in [-0.1, -0.05) is 30.3 Å². The summed E-state index contributed by atoms with van der Waals surface area (Å²) in [7, 11) is 0. The maximum atomic E-state index is 14.0. The van der Waals surface area contributed by atoms with Gasteiger partial charge < -0.3 is 5.73 Å². The Bertz CT molecular complexity index is 579. The second kappa shape index (κ2) is 4.86. The maximum absolute atomic E-state index is 14.0. The molecule has 2 N–H and O–H groups in total. The molecule has 0 spiro atoms. The van der Waals surface area contributed by atoms with Crippen LogP contribution in [0.5, 0.6) is 0 Å². The summed E-state index contributed by atoms with van der Waals surface area (Å²) >= 11 is 0. The lowest BCUT2D eigenvalue weighted by molar-refractivity contribution is 0.537. The van der Waals surface area contributed by atoms with Crippen LogP contribution >= 0.6 is 0 Å². The fraction of sp³-hybridized carbons (Fsp3) is 0.200. The van der Waals surface area contributed by atoms with Crippen LogP contribution in [0.15, 0.2) is 36.4 Å².